The van der Waals surface area contributed by atoms with E-state index in [1.165, 1.54) is 6.08 Å². The molecule has 0 amide bonds. The molecule has 0 aromatic heterocycles. The third-order valence-corrected chi connectivity index (χ3v) is 4.21. The maximum absolute atomic E-state index is 6.23. The van der Waals surface area contributed by atoms with E-state index in [1.807, 2.05) is 6.92 Å². The van der Waals surface area contributed by atoms with Crippen LogP contribution >= 0.6 is 46.4 Å². The van der Waals surface area contributed by atoms with Gasteiger partial charge in [-0.05, 0) is 37.7 Å². The molecule has 1 rings (SSSR count). The van der Waals surface area contributed by atoms with Gasteiger partial charge in [-0.1, -0.05) is 72.3 Å². The molecule has 0 spiro atoms. The smallest absolute Gasteiger partial charge is 0.156 e. The van der Waals surface area contributed by atoms with Gasteiger partial charge in [-0.3, -0.25) is 0 Å². The van der Waals surface area contributed by atoms with E-state index in [1.54, 1.807) is 12.1 Å². The summed E-state index contributed by atoms with van der Waals surface area (Å²) in [7, 11) is 0. The largest absolute Gasteiger partial charge is 0.490 e. The highest BCUT2D eigenvalue weighted by atomic mass is 35.5. The second kappa shape index (κ2) is 12.7. The van der Waals surface area contributed by atoms with Crippen LogP contribution in [-0.2, 0) is 4.84 Å². The first kappa shape index (κ1) is 25.2. The second-order valence-electron chi connectivity index (χ2n) is 7.47. The lowest BCUT2D eigenvalue weighted by Gasteiger charge is -2.17. The van der Waals surface area contributed by atoms with Crippen LogP contribution in [0, 0.1) is 5.41 Å². The summed E-state index contributed by atoms with van der Waals surface area (Å²) in [5, 5.41) is 4.89. The topological polar surface area (TPSA) is 40.0 Å². The molecule has 0 aliphatic carbocycles. The normalized spacial score (nSPS) is 11.9. The van der Waals surface area contributed by atoms with Crippen molar-refractivity contribution in [1.82, 2.24) is 0 Å². The average Bonchev–Trinajstić information content (AvgIpc) is 2.54. The third-order valence-electron chi connectivity index (χ3n) is 3.34. The van der Waals surface area contributed by atoms with E-state index in [-0.39, 0.29) is 16.5 Å². The number of hydrogen-bond donors (Lipinski definition) is 0. The van der Waals surface area contributed by atoms with Crippen molar-refractivity contribution in [2.45, 2.75) is 47.0 Å². The summed E-state index contributed by atoms with van der Waals surface area (Å²) in [5.41, 5.74) is 1.20. The second-order valence-corrected chi connectivity index (χ2v) is 9.30. The third kappa shape index (κ3) is 11.3. The Labute approximate surface area is 187 Å². The molecule has 0 atom stereocenters. The van der Waals surface area contributed by atoms with E-state index >= 15 is 0 Å². The van der Waals surface area contributed by atoms with Crippen LogP contribution in [-0.4, -0.2) is 25.5 Å². The number of ether oxygens (including phenoxy) is 2. The number of halogens is 4. The van der Waals surface area contributed by atoms with Crippen LogP contribution in [0.1, 0.15) is 47.0 Å². The van der Waals surface area contributed by atoms with E-state index in [2.05, 4.69) is 25.9 Å². The molecule has 8 heteroatoms. The summed E-state index contributed by atoms with van der Waals surface area (Å²) in [4.78, 5) is 5.35. The Balaban J connectivity index is 2.35. The van der Waals surface area contributed by atoms with Crippen molar-refractivity contribution < 1.29 is 14.3 Å². The first-order valence-electron chi connectivity index (χ1n) is 9.00. The van der Waals surface area contributed by atoms with E-state index in [9.17, 15) is 0 Å². The zero-order valence-electron chi connectivity index (χ0n) is 16.7. The summed E-state index contributed by atoms with van der Waals surface area (Å²) >= 11 is 23.5. The minimum absolute atomic E-state index is 0.135. The van der Waals surface area contributed by atoms with Crippen molar-refractivity contribution in [3.8, 4) is 11.5 Å². The van der Waals surface area contributed by atoms with Crippen molar-refractivity contribution in [2.75, 3.05) is 19.8 Å². The highest BCUT2D eigenvalue weighted by molar-refractivity contribution is 6.55. The maximum atomic E-state index is 6.23. The fraction of sp³-hybridized carbons (Fsp3) is 0.550. The standard InChI is InChI=1S/C20H27Cl4NO3/c1-14(13-20(2,3)4)25-28-9-6-5-8-27-19-16(21)11-15(12-17(19)22)26-10-7-18(23)24/h7,11-12H,5-6,8-10,13H2,1-4H3/b25-14+. The molecule has 0 aliphatic rings. The van der Waals surface area contributed by atoms with Gasteiger partial charge in [0.1, 0.15) is 23.5 Å². The fourth-order valence-electron chi connectivity index (χ4n) is 2.36. The van der Waals surface area contributed by atoms with Crippen LogP contribution in [0.4, 0.5) is 0 Å². The predicted molar refractivity (Wildman–Crippen MR) is 120 cm³/mol. The van der Waals surface area contributed by atoms with Gasteiger partial charge in [-0.2, -0.15) is 0 Å². The minimum Gasteiger partial charge on any atom is -0.490 e. The number of benzene rings is 1. The van der Waals surface area contributed by atoms with Gasteiger partial charge >= 0.3 is 0 Å². The van der Waals surface area contributed by atoms with Gasteiger partial charge in [0.25, 0.3) is 0 Å². The lowest BCUT2D eigenvalue weighted by Crippen LogP contribution is -2.11. The average molecular weight is 471 g/mol. The van der Waals surface area contributed by atoms with Gasteiger partial charge < -0.3 is 14.3 Å². The lowest BCUT2D eigenvalue weighted by molar-refractivity contribution is 0.134. The highest BCUT2D eigenvalue weighted by Gasteiger charge is 2.12. The molecule has 0 N–H and O–H groups in total. The summed E-state index contributed by atoms with van der Waals surface area (Å²) in [6.07, 6.45) is 4.03. The molecule has 0 radical (unpaired) electrons. The highest BCUT2D eigenvalue weighted by Crippen LogP contribution is 2.37. The van der Waals surface area contributed by atoms with E-state index in [0.717, 1.165) is 25.0 Å². The summed E-state index contributed by atoms with van der Waals surface area (Å²) < 4.78 is 11.3. The molecule has 0 saturated heterocycles. The minimum atomic E-state index is 0.135. The SMILES string of the molecule is C/C(CC(C)(C)C)=N\OCCCCOc1c(Cl)cc(OCC=C(Cl)Cl)cc1Cl. The van der Waals surface area contributed by atoms with Gasteiger partial charge in [0.05, 0.1) is 22.4 Å². The van der Waals surface area contributed by atoms with Crippen LogP contribution in [0.15, 0.2) is 27.9 Å². The maximum Gasteiger partial charge on any atom is 0.156 e. The van der Waals surface area contributed by atoms with Crippen molar-refractivity contribution in [3.63, 3.8) is 0 Å². The Morgan fingerprint density at radius 1 is 1.04 bits per heavy atom. The monoisotopic (exact) mass is 469 g/mol. The van der Waals surface area contributed by atoms with Gasteiger partial charge in [0.15, 0.2) is 5.75 Å². The first-order chi connectivity index (χ1) is 13.1. The molecule has 28 heavy (non-hydrogen) atoms. The molecule has 0 bridgehead atoms. The van der Waals surface area contributed by atoms with Gasteiger partial charge in [0.2, 0.25) is 0 Å². The number of oxime groups is 1. The number of hydrogen-bond acceptors (Lipinski definition) is 4. The molecule has 0 unspecified atom stereocenters. The number of unbranched alkanes of at least 4 members (excludes halogenated alkanes) is 1. The van der Waals surface area contributed by atoms with Crippen molar-refractivity contribution in [2.24, 2.45) is 10.6 Å². The number of nitrogens with zero attached hydrogens (tertiary/aromatic N) is 1. The van der Waals surface area contributed by atoms with Gasteiger partial charge in [-0.25, -0.2) is 0 Å². The van der Waals surface area contributed by atoms with Crippen LogP contribution in [0.2, 0.25) is 10.0 Å². The Morgan fingerprint density at radius 3 is 2.21 bits per heavy atom. The summed E-state index contributed by atoms with van der Waals surface area (Å²) in [5.74, 6) is 0.937. The molecule has 0 saturated carbocycles. The Morgan fingerprint density at radius 2 is 1.64 bits per heavy atom. The summed E-state index contributed by atoms with van der Waals surface area (Å²) in [6, 6.07) is 3.27. The van der Waals surface area contributed by atoms with E-state index < -0.39 is 0 Å². The molecular weight excluding hydrogens is 444 g/mol. The van der Waals surface area contributed by atoms with Gasteiger partial charge in [-0.15, -0.1) is 0 Å². The predicted octanol–water partition coefficient (Wildman–Crippen LogP) is 7.68. The van der Waals surface area contributed by atoms with Crippen LogP contribution in [0.5, 0.6) is 11.5 Å². The van der Waals surface area contributed by atoms with Crippen LogP contribution in [0.25, 0.3) is 0 Å². The quantitative estimate of drug-likeness (QED) is 0.189. The van der Waals surface area contributed by atoms with E-state index in [4.69, 9.17) is 60.7 Å². The Hall–Kier alpha value is -0.810. The molecule has 1 aromatic carbocycles. The molecular formula is C20H27Cl4NO3. The Bertz CT molecular complexity index is 658. The van der Waals surface area contributed by atoms with Crippen molar-refractivity contribution in [1.29, 1.82) is 0 Å². The first-order valence-corrected chi connectivity index (χ1v) is 10.5. The zero-order valence-corrected chi connectivity index (χ0v) is 19.7. The molecule has 0 fully saturated rings. The molecule has 0 aliphatic heterocycles. The molecule has 0 heterocycles. The fourth-order valence-corrected chi connectivity index (χ4v) is 3.06. The van der Waals surface area contributed by atoms with Gasteiger partial charge in [0, 0.05) is 12.1 Å². The number of rotatable bonds is 11. The summed E-state index contributed by atoms with van der Waals surface area (Å²) in [6.45, 7) is 9.72. The van der Waals surface area contributed by atoms with Crippen molar-refractivity contribution >= 4 is 52.1 Å². The zero-order chi connectivity index (χ0) is 21.2. The van der Waals surface area contributed by atoms with Crippen LogP contribution in [0.3, 0.4) is 0 Å². The molecule has 4 nitrogen and oxygen atoms in total. The van der Waals surface area contributed by atoms with E-state index in [0.29, 0.717) is 34.8 Å². The van der Waals surface area contributed by atoms with Crippen molar-refractivity contribution in [3.05, 3.63) is 32.7 Å². The Kier molecular flexibility index (Phi) is 11.4. The molecule has 158 valence electrons. The molecule has 1 aromatic rings. The lowest BCUT2D eigenvalue weighted by atomic mass is 9.90. The van der Waals surface area contributed by atoms with Crippen LogP contribution < -0.4 is 9.47 Å².